The summed E-state index contributed by atoms with van der Waals surface area (Å²) in [5.41, 5.74) is 5.18. The van der Waals surface area contributed by atoms with Crippen molar-refractivity contribution in [2.45, 2.75) is 56.4 Å². The number of nitrogens with two attached hydrogens (primary N) is 1. The third-order valence-corrected chi connectivity index (χ3v) is 7.40. The van der Waals surface area contributed by atoms with E-state index >= 15 is 0 Å². The molecule has 4 N–H and O–H groups in total. The number of primary sulfonamides is 1. The van der Waals surface area contributed by atoms with Gasteiger partial charge in [0.2, 0.25) is 16.0 Å². The average Bonchev–Trinajstić information content (AvgIpc) is 3.12. The number of sulfonamides is 1. The number of hydrazone groups is 1. The van der Waals surface area contributed by atoms with Crippen LogP contribution in [0.15, 0.2) is 40.5 Å². The van der Waals surface area contributed by atoms with Gasteiger partial charge in [-0.3, -0.25) is 9.99 Å². The Morgan fingerprint density at radius 3 is 2.64 bits per heavy atom. The molecule has 174 valence electrons. The number of nitrogens with zero attached hydrogens (tertiary/aromatic N) is 4. The first kappa shape index (κ1) is 21.8. The minimum atomic E-state index is -4.14. The lowest BCUT2D eigenvalue weighted by Gasteiger charge is -2.44. The van der Waals surface area contributed by atoms with E-state index in [1.807, 2.05) is 6.07 Å². The van der Waals surface area contributed by atoms with Crippen LogP contribution in [0.2, 0.25) is 0 Å². The van der Waals surface area contributed by atoms with Crippen molar-refractivity contribution in [3.05, 3.63) is 36.3 Å². The van der Waals surface area contributed by atoms with E-state index in [1.54, 1.807) is 6.20 Å². The fourth-order valence-electron chi connectivity index (χ4n) is 5.12. The van der Waals surface area contributed by atoms with Gasteiger partial charge in [-0.25, -0.2) is 22.9 Å². The third-order valence-electron chi connectivity index (χ3n) is 6.46. The van der Waals surface area contributed by atoms with Gasteiger partial charge in [0.05, 0.1) is 11.3 Å². The van der Waals surface area contributed by atoms with Crippen LogP contribution in [0.4, 0.5) is 21.8 Å². The predicted molar refractivity (Wildman–Crippen MR) is 126 cm³/mol. The standard InChI is InChI=1S/C22H26FN7O2S/c1-13(2)19-22(8-4-3-5-9-22)30-18(28-29-19)10-14-12-25-21(27-20(14)30)26-15-6-7-17(16(23)11-15)33(24,31)32/h6-7,10-13,28H,3-5,8-9H2,1-2H3,(H2,24,31,32)(H,25,26,27). The van der Waals surface area contributed by atoms with Gasteiger partial charge in [0.1, 0.15) is 22.2 Å². The van der Waals surface area contributed by atoms with Crippen LogP contribution in [-0.2, 0) is 15.6 Å². The van der Waals surface area contributed by atoms with Gasteiger partial charge >= 0.3 is 0 Å². The molecule has 33 heavy (non-hydrogen) atoms. The Kier molecular flexibility index (Phi) is 5.13. The number of fused-ring (bicyclic) bond motifs is 4. The van der Waals surface area contributed by atoms with Crippen molar-refractivity contribution in [1.29, 1.82) is 0 Å². The Balaban J connectivity index is 1.57. The second-order valence-corrected chi connectivity index (χ2v) is 10.5. The van der Waals surface area contributed by atoms with E-state index in [1.165, 1.54) is 12.5 Å². The molecule has 3 aromatic rings. The van der Waals surface area contributed by atoms with Crippen LogP contribution in [0, 0.1) is 11.7 Å². The number of benzene rings is 1. The molecule has 1 aliphatic carbocycles. The number of rotatable bonds is 4. The van der Waals surface area contributed by atoms with Crippen molar-refractivity contribution in [3.8, 4) is 0 Å². The molecule has 11 heteroatoms. The highest BCUT2D eigenvalue weighted by molar-refractivity contribution is 7.89. The van der Waals surface area contributed by atoms with Crippen LogP contribution >= 0.6 is 0 Å². The Labute approximate surface area is 191 Å². The quantitative estimate of drug-likeness (QED) is 0.527. The molecule has 3 heterocycles. The normalized spacial score (nSPS) is 17.7. The zero-order valence-electron chi connectivity index (χ0n) is 18.5. The molecule has 1 aromatic carbocycles. The summed E-state index contributed by atoms with van der Waals surface area (Å²) in [6.45, 7) is 4.32. The van der Waals surface area contributed by atoms with Crippen molar-refractivity contribution < 1.29 is 12.8 Å². The fraction of sp³-hybridized carbons (Fsp3) is 0.409. The van der Waals surface area contributed by atoms with Gasteiger partial charge in [0, 0.05) is 17.3 Å². The summed E-state index contributed by atoms with van der Waals surface area (Å²) in [4.78, 5) is 8.58. The molecule has 0 unspecified atom stereocenters. The lowest BCUT2D eigenvalue weighted by Crippen LogP contribution is -2.48. The Bertz CT molecular complexity index is 1370. The minimum Gasteiger partial charge on any atom is -0.324 e. The summed E-state index contributed by atoms with van der Waals surface area (Å²) >= 11 is 0. The van der Waals surface area contributed by atoms with E-state index in [9.17, 15) is 12.8 Å². The molecule has 1 fully saturated rings. The molecule has 1 saturated carbocycles. The highest BCUT2D eigenvalue weighted by Crippen LogP contribution is 2.45. The molecule has 9 nitrogen and oxygen atoms in total. The Hall–Kier alpha value is -3.05. The molecule has 0 amide bonds. The maximum absolute atomic E-state index is 14.3. The fourth-order valence-corrected chi connectivity index (χ4v) is 5.71. The topological polar surface area (TPSA) is 127 Å². The number of hydrogen-bond acceptors (Lipinski definition) is 7. The van der Waals surface area contributed by atoms with Crippen LogP contribution in [0.3, 0.4) is 0 Å². The Morgan fingerprint density at radius 1 is 1.21 bits per heavy atom. The van der Waals surface area contributed by atoms with Gasteiger partial charge in [-0.1, -0.05) is 33.1 Å². The molecule has 2 aromatic heterocycles. The predicted octanol–water partition coefficient (Wildman–Crippen LogP) is 4.06. The summed E-state index contributed by atoms with van der Waals surface area (Å²) in [5, 5.41) is 13.7. The van der Waals surface area contributed by atoms with Crippen LogP contribution in [0.5, 0.6) is 0 Å². The van der Waals surface area contributed by atoms with Gasteiger partial charge in [0.15, 0.2) is 0 Å². The van der Waals surface area contributed by atoms with Crippen LogP contribution in [0.25, 0.3) is 11.0 Å². The second-order valence-electron chi connectivity index (χ2n) is 9.01. The van der Waals surface area contributed by atoms with Crippen molar-refractivity contribution in [2.24, 2.45) is 16.2 Å². The summed E-state index contributed by atoms with van der Waals surface area (Å²) in [6.07, 6.45) is 7.16. The van der Waals surface area contributed by atoms with Crippen LogP contribution < -0.4 is 15.9 Å². The summed E-state index contributed by atoms with van der Waals surface area (Å²) in [7, 11) is -4.14. The van der Waals surface area contributed by atoms with Crippen LogP contribution in [0.1, 0.15) is 46.0 Å². The number of nitrogens with one attached hydrogen (secondary N) is 2. The molecule has 2 aliphatic rings. The molecule has 1 aliphatic heterocycles. The highest BCUT2D eigenvalue weighted by Gasteiger charge is 2.44. The molecule has 0 saturated heterocycles. The van der Waals surface area contributed by atoms with Crippen molar-refractivity contribution in [3.63, 3.8) is 0 Å². The smallest absolute Gasteiger partial charge is 0.240 e. The van der Waals surface area contributed by atoms with E-state index in [0.717, 1.165) is 60.4 Å². The van der Waals surface area contributed by atoms with Crippen molar-refractivity contribution in [2.75, 3.05) is 10.7 Å². The number of anilines is 3. The first-order valence-electron chi connectivity index (χ1n) is 11.0. The molecular formula is C22H26FN7O2S. The van der Waals surface area contributed by atoms with E-state index < -0.39 is 20.7 Å². The molecule has 0 radical (unpaired) electrons. The van der Waals surface area contributed by atoms with Gasteiger partial charge in [0.25, 0.3) is 0 Å². The molecule has 1 spiro atoms. The zero-order valence-corrected chi connectivity index (χ0v) is 19.3. The largest absolute Gasteiger partial charge is 0.324 e. The van der Waals surface area contributed by atoms with Crippen molar-refractivity contribution >= 4 is 44.2 Å². The van der Waals surface area contributed by atoms with Gasteiger partial charge in [-0.15, -0.1) is 0 Å². The highest BCUT2D eigenvalue weighted by atomic mass is 32.2. The summed E-state index contributed by atoms with van der Waals surface area (Å²) in [6, 6.07) is 5.61. The first-order chi connectivity index (χ1) is 15.7. The molecule has 5 rings (SSSR count). The lowest BCUT2D eigenvalue weighted by atomic mass is 9.74. The van der Waals surface area contributed by atoms with E-state index in [2.05, 4.69) is 34.1 Å². The zero-order chi connectivity index (χ0) is 23.4. The van der Waals surface area contributed by atoms with Gasteiger partial charge in [-0.2, -0.15) is 10.1 Å². The van der Waals surface area contributed by atoms with Crippen molar-refractivity contribution in [1.82, 2.24) is 14.5 Å². The maximum Gasteiger partial charge on any atom is 0.240 e. The second kappa shape index (κ2) is 7.77. The first-order valence-corrected chi connectivity index (χ1v) is 12.6. The SMILES string of the molecule is CC(C)C1=NNc2cc3cnc(Nc4ccc(S(N)(=O)=O)c(F)c4)nc3n2C12CCCCC2. The Morgan fingerprint density at radius 2 is 1.97 bits per heavy atom. The van der Waals surface area contributed by atoms with E-state index in [0.29, 0.717) is 5.69 Å². The molecule has 0 atom stereocenters. The maximum atomic E-state index is 14.3. The average molecular weight is 472 g/mol. The number of hydrogen-bond donors (Lipinski definition) is 3. The monoisotopic (exact) mass is 471 g/mol. The lowest BCUT2D eigenvalue weighted by molar-refractivity contribution is 0.278. The molecular weight excluding hydrogens is 445 g/mol. The van der Waals surface area contributed by atoms with Gasteiger partial charge < -0.3 is 5.32 Å². The number of aromatic nitrogens is 3. The molecule has 0 bridgehead atoms. The third kappa shape index (κ3) is 3.65. The minimum absolute atomic E-state index is 0.233. The van der Waals surface area contributed by atoms with Crippen LogP contribution in [-0.4, -0.2) is 28.7 Å². The summed E-state index contributed by atoms with van der Waals surface area (Å²) in [5.74, 6) is 0.504. The summed E-state index contributed by atoms with van der Waals surface area (Å²) < 4.78 is 39.5. The number of halogens is 1. The van der Waals surface area contributed by atoms with E-state index in [4.69, 9.17) is 15.2 Å². The van der Waals surface area contributed by atoms with E-state index in [-0.39, 0.29) is 17.4 Å². The van der Waals surface area contributed by atoms with Gasteiger partial charge in [-0.05, 0) is 43.0 Å².